The Morgan fingerprint density at radius 3 is 1.94 bits per heavy atom. The lowest BCUT2D eigenvalue weighted by Crippen LogP contribution is -2.56. The van der Waals surface area contributed by atoms with Crippen molar-refractivity contribution in [2.75, 3.05) is 17.1 Å². The summed E-state index contributed by atoms with van der Waals surface area (Å²) in [6.45, 7) is 5.13. The molecule has 4 bridgehead atoms. The van der Waals surface area contributed by atoms with E-state index in [0.29, 0.717) is 11.3 Å². The Morgan fingerprint density at radius 1 is 0.854 bits per heavy atom. The van der Waals surface area contributed by atoms with Crippen molar-refractivity contribution in [3.63, 3.8) is 0 Å². The maximum atomic E-state index is 14.4. The van der Waals surface area contributed by atoms with Crippen LogP contribution < -0.4 is 9.62 Å². The number of nitrogens with zero attached hydrogens (tertiary/aromatic N) is 2. The first-order valence-corrected chi connectivity index (χ1v) is 19.0. The second-order valence-electron chi connectivity index (χ2n) is 15.6. The topological polar surface area (TPSA) is 86.8 Å². The van der Waals surface area contributed by atoms with E-state index in [9.17, 15) is 22.4 Å². The van der Waals surface area contributed by atoms with Crippen molar-refractivity contribution < 1.29 is 22.4 Å². The molecule has 0 radical (unpaired) electrons. The summed E-state index contributed by atoms with van der Waals surface area (Å²) in [6, 6.07) is 22.0. The second-order valence-corrected chi connectivity index (χ2v) is 17.5. The van der Waals surface area contributed by atoms with Gasteiger partial charge in [-0.05, 0) is 123 Å². The van der Waals surface area contributed by atoms with Gasteiger partial charge >= 0.3 is 0 Å². The molecule has 0 aromatic heterocycles. The van der Waals surface area contributed by atoms with Crippen molar-refractivity contribution >= 4 is 27.5 Å². The molecule has 4 fully saturated rings. The number of nitrogens with one attached hydrogen (secondary N) is 1. The molecule has 9 heteroatoms. The van der Waals surface area contributed by atoms with Crippen LogP contribution in [-0.2, 0) is 38.0 Å². The van der Waals surface area contributed by atoms with Crippen molar-refractivity contribution in [2.45, 2.75) is 89.3 Å². The molecule has 256 valence electrons. The van der Waals surface area contributed by atoms with Crippen LogP contribution in [0.2, 0.25) is 0 Å². The monoisotopic (exact) mass is 673 g/mol. The number of hydrogen-bond donors (Lipinski definition) is 1. The standard InChI is InChI=1S/C39H48FN3O4S/c1-38(2,3)41-37(45)35(21-27-8-6-5-7-9-27)42(25-28-10-14-33(40)15-11-28)36(44)26-43(48(4,46)47)34-16-12-32(13-17-34)39-22-29-18-30(23-39)20-31(19-29)24-39/h5-17,29-31,35H,18-26H2,1-4H3,(H,41,45). The van der Waals surface area contributed by atoms with E-state index in [1.165, 1.54) is 61.1 Å². The quantitative estimate of drug-likeness (QED) is 0.248. The van der Waals surface area contributed by atoms with Crippen LogP contribution in [-0.4, -0.2) is 49.5 Å². The Kier molecular flexibility index (Phi) is 9.46. The number of rotatable bonds is 11. The minimum absolute atomic E-state index is 0.00324. The summed E-state index contributed by atoms with van der Waals surface area (Å²) in [7, 11) is -3.88. The molecule has 2 amide bonds. The van der Waals surface area contributed by atoms with Gasteiger partial charge in [0.2, 0.25) is 21.8 Å². The lowest BCUT2D eigenvalue weighted by atomic mass is 9.48. The van der Waals surface area contributed by atoms with Crippen LogP contribution in [0.15, 0.2) is 78.9 Å². The smallest absolute Gasteiger partial charge is 0.244 e. The highest BCUT2D eigenvalue weighted by Crippen LogP contribution is 2.60. The zero-order chi connectivity index (χ0) is 34.3. The Hall–Kier alpha value is -3.72. The van der Waals surface area contributed by atoms with E-state index in [4.69, 9.17) is 0 Å². The molecular weight excluding hydrogens is 626 g/mol. The average Bonchev–Trinajstić information content (AvgIpc) is 3.01. The van der Waals surface area contributed by atoms with Gasteiger partial charge < -0.3 is 10.2 Å². The molecule has 48 heavy (non-hydrogen) atoms. The Morgan fingerprint density at radius 2 is 1.42 bits per heavy atom. The molecule has 3 aromatic rings. The highest BCUT2D eigenvalue weighted by atomic mass is 32.2. The molecule has 0 heterocycles. The first-order valence-electron chi connectivity index (χ1n) is 17.2. The van der Waals surface area contributed by atoms with E-state index in [1.54, 1.807) is 12.1 Å². The fraction of sp³-hybridized carbons (Fsp3) is 0.487. The Balaban J connectivity index is 1.31. The van der Waals surface area contributed by atoms with Gasteiger partial charge in [-0.2, -0.15) is 0 Å². The van der Waals surface area contributed by atoms with Gasteiger partial charge in [0.15, 0.2) is 0 Å². The summed E-state index contributed by atoms with van der Waals surface area (Å²) in [6.07, 6.45) is 8.94. The summed E-state index contributed by atoms with van der Waals surface area (Å²) < 4.78 is 41.6. The fourth-order valence-electron chi connectivity index (χ4n) is 8.85. The molecule has 1 unspecified atom stereocenters. The van der Waals surface area contributed by atoms with Crippen LogP contribution in [0.25, 0.3) is 0 Å². The Labute approximate surface area is 285 Å². The van der Waals surface area contributed by atoms with Crippen molar-refractivity contribution in [3.05, 3.63) is 101 Å². The van der Waals surface area contributed by atoms with Gasteiger partial charge in [0.05, 0.1) is 11.9 Å². The summed E-state index contributed by atoms with van der Waals surface area (Å²) in [5, 5.41) is 3.02. The molecule has 4 aliphatic carbocycles. The van der Waals surface area contributed by atoms with E-state index >= 15 is 0 Å². The highest BCUT2D eigenvalue weighted by molar-refractivity contribution is 7.92. The zero-order valence-electron chi connectivity index (χ0n) is 28.5. The van der Waals surface area contributed by atoms with Gasteiger partial charge in [-0.1, -0.05) is 54.6 Å². The highest BCUT2D eigenvalue weighted by Gasteiger charge is 2.51. The molecule has 0 saturated heterocycles. The minimum Gasteiger partial charge on any atom is -0.350 e. The number of carbonyl (C=O) groups excluding carboxylic acids is 2. The van der Waals surface area contributed by atoms with Crippen LogP contribution in [0.4, 0.5) is 10.1 Å². The van der Waals surface area contributed by atoms with E-state index < -0.39 is 39.9 Å². The molecule has 7 rings (SSSR count). The van der Waals surface area contributed by atoms with Gasteiger partial charge in [-0.25, -0.2) is 12.8 Å². The molecule has 0 spiro atoms. The SMILES string of the molecule is CC(C)(C)NC(=O)C(Cc1ccccc1)N(Cc1ccc(F)cc1)C(=O)CN(c1ccc(C23CC4CC(CC(C4)C2)C3)cc1)S(C)(=O)=O. The number of halogens is 1. The van der Waals surface area contributed by atoms with Gasteiger partial charge in [-0.3, -0.25) is 13.9 Å². The number of benzene rings is 3. The van der Waals surface area contributed by atoms with Crippen LogP contribution in [0.1, 0.15) is 76.0 Å². The van der Waals surface area contributed by atoms with E-state index in [0.717, 1.165) is 33.9 Å². The average molecular weight is 674 g/mol. The van der Waals surface area contributed by atoms with E-state index in [-0.39, 0.29) is 24.3 Å². The molecular formula is C39H48FN3O4S. The number of carbonyl (C=O) groups is 2. The first-order chi connectivity index (χ1) is 22.7. The molecule has 0 aliphatic heterocycles. The van der Waals surface area contributed by atoms with Crippen LogP contribution in [0.5, 0.6) is 0 Å². The molecule has 4 aliphatic rings. The third kappa shape index (κ3) is 7.77. The molecule has 1 atom stereocenters. The maximum Gasteiger partial charge on any atom is 0.244 e. The van der Waals surface area contributed by atoms with Gasteiger partial charge in [0, 0.05) is 18.5 Å². The number of amides is 2. The summed E-state index contributed by atoms with van der Waals surface area (Å²) in [4.78, 5) is 29.8. The zero-order valence-corrected chi connectivity index (χ0v) is 29.3. The number of hydrogen-bond acceptors (Lipinski definition) is 4. The van der Waals surface area contributed by atoms with Crippen molar-refractivity contribution in [3.8, 4) is 0 Å². The fourth-order valence-corrected chi connectivity index (χ4v) is 9.70. The molecule has 4 saturated carbocycles. The number of sulfonamides is 1. The summed E-state index contributed by atoms with van der Waals surface area (Å²) in [5.41, 5.74) is 2.75. The maximum absolute atomic E-state index is 14.4. The second kappa shape index (κ2) is 13.3. The van der Waals surface area contributed by atoms with E-state index in [2.05, 4.69) is 17.4 Å². The molecule has 1 N–H and O–H groups in total. The van der Waals surface area contributed by atoms with Crippen molar-refractivity contribution in [1.82, 2.24) is 10.2 Å². The summed E-state index contributed by atoms with van der Waals surface area (Å²) >= 11 is 0. The third-order valence-electron chi connectivity index (χ3n) is 10.5. The van der Waals surface area contributed by atoms with Crippen LogP contribution in [0.3, 0.4) is 0 Å². The van der Waals surface area contributed by atoms with Crippen molar-refractivity contribution in [2.24, 2.45) is 17.8 Å². The normalized spacial score (nSPS) is 23.8. The van der Waals surface area contributed by atoms with Crippen LogP contribution in [0, 0.1) is 23.6 Å². The lowest BCUT2D eigenvalue weighted by Gasteiger charge is -2.57. The van der Waals surface area contributed by atoms with Crippen LogP contribution >= 0.6 is 0 Å². The third-order valence-corrected chi connectivity index (χ3v) is 11.7. The first kappa shape index (κ1) is 34.2. The molecule has 7 nitrogen and oxygen atoms in total. The Bertz CT molecular complexity index is 1680. The van der Waals surface area contributed by atoms with Crippen molar-refractivity contribution in [1.29, 1.82) is 0 Å². The van der Waals surface area contributed by atoms with Gasteiger partial charge in [-0.15, -0.1) is 0 Å². The van der Waals surface area contributed by atoms with Gasteiger partial charge in [0.1, 0.15) is 18.4 Å². The summed E-state index contributed by atoms with van der Waals surface area (Å²) in [5.74, 6) is 1.06. The van der Waals surface area contributed by atoms with Gasteiger partial charge in [0.25, 0.3) is 0 Å². The molecule has 3 aromatic carbocycles. The predicted octanol–water partition coefficient (Wildman–Crippen LogP) is 6.61. The lowest BCUT2D eigenvalue weighted by molar-refractivity contribution is -0.140. The van der Waals surface area contributed by atoms with E-state index in [1.807, 2.05) is 63.2 Å². The predicted molar refractivity (Wildman–Crippen MR) is 187 cm³/mol. The largest absolute Gasteiger partial charge is 0.350 e. The number of anilines is 1. The minimum atomic E-state index is -3.88.